The molecule has 15 heavy (non-hydrogen) atoms. The molecular formula is C13H22N2. The predicted molar refractivity (Wildman–Crippen MR) is 67.3 cm³/mol. The van der Waals surface area contributed by atoms with Crippen LogP contribution in [0.4, 0.5) is 5.69 Å². The monoisotopic (exact) mass is 206 g/mol. The van der Waals surface area contributed by atoms with E-state index in [0.29, 0.717) is 6.54 Å². The minimum Gasteiger partial charge on any atom is -0.365 e. The molecule has 0 aliphatic carbocycles. The molecular weight excluding hydrogens is 184 g/mol. The highest BCUT2D eigenvalue weighted by atomic mass is 15.2. The molecule has 0 heterocycles. The largest absolute Gasteiger partial charge is 0.365 e. The maximum absolute atomic E-state index is 5.81. The van der Waals surface area contributed by atoms with Crippen molar-refractivity contribution < 1.29 is 0 Å². The Balaban J connectivity index is 2.97. The molecule has 1 rings (SSSR count). The van der Waals surface area contributed by atoms with E-state index in [4.69, 9.17) is 5.73 Å². The molecule has 0 aliphatic rings. The molecule has 2 N–H and O–H groups in total. The van der Waals surface area contributed by atoms with E-state index in [2.05, 4.69) is 56.9 Å². The number of nitrogens with two attached hydrogens (primary N) is 1. The molecule has 1 aromatic carbocycles. The number of rotatable bonds is 4. The van der Waals surface area contributed by atoms with Gasteiger partial charge in [0.15, 0.2) is 0 Å². The molecule has 2 heteroatoms. The van der Waals surface area contributed by atoms with E-state index in [1.807, 2.05) is 0 Å². The lowest BCUT2D eigenvalue weighted by Crippen LogP contribution is -2.49. The summed E-state index contributed by atoms with van der Waals surface area (Å²) in [5, 5.41) is 0. The number of anilines is 1. The molecule has 0 saturated heterocycles. The Hall–Kier alpha value is -1.02. The maximum atomic E-state index is 5.81. The smallest absolute Gasteiger partial charge is 0.0467 e. The van der Waals surface area contributed by atoms with Crippen LogP contribution in [-0.2, 0) is 0 Å². The van der Waals surface area contributed by atoms with Gasteiger partial charge in [0.25, 0.3) is 0 Å². The summed E-state index contributed by atoms with van der Waals surface area (Å²) >= 11 is 0. The fourth-order valence-electron chi connectivity index (χ4n) is 1.79. The van der Waals surface area contributed by atoms with Gasteiger partial charge in [-0.25, -0.2) is 0 Å². The second-order valence-corrected chi connectivity index (χ2v) is 4.60. The van der Waals surface area contributed by atoms with Gasteiger partial charge in [-0.05, 0) is 39.8 Å². The second kappa shape index (κ2) is 4.67. The maximum Gasteiger partial charge on any atom is 0.0467 e. The Kier molecular flexibility index (Phi) is 3.75. The number of benzene rings is 1. The van der Waals surface area contributed by atoms with Crippen LogP contribution in [0.15, 0.2) is 24.3 Å². The van der Waals surface area contributed by atoms with Crippen molar-refractivity contribution in [2.75, 3.05) is 18.0 Å². The van der Waals surface area contributed by atoms with Crippen molar-refractivity contribution in [1.82, 2.24) is 0 Å². The van der Waals surface area contributed by atoms with Crippen molar-refractivity contribution in [2.45, 2.75) is 33.2 Å². The molecule has 2 nitrogen and oxygen atoms in total. The topological polar surface area (TPSA) is 29.3 Å². The highest BCUT2D eigenvalue weighted by molar-refractivity contribution is 5.49. The molecule has 0 amide bonds. The molecule has 0 spiro atoms. The molecule has 0 fully saturated rings. The number of hydrogen-bond donors (Lipinski definition) is 1. The van der Waals surface area contributed by atoms with Crippen LogP contribution >= 0.6 is 0 Å². The minimum absolute atomic E-state index is 0.0179. The van der Waals surface area contributed by atoms with Gasteiger partial charge >= 0.3 is 0 Å². The standard InChI is InChI=1S/C13H22N2/c1-5-15(13(3,4)10-14)12-8-6-11(2)7-9-12/h6-9H,5,10,14H2,1-4H3. The second-order valence-electron chi connectivity index (χ2n) is 4.60. The number of nitrogens with zero attached hydrogens (tertiary/aromatic N) is 1. The zero-order valence-electron chi connectivity index (χ0n) is 10.2. The van der Waals surface area contributed by atoms with Gasteiger partial charge in [-0.3, -0.25) is 0 Å². The molecule has 0 aliphatic heterocycles. The van der Waals surface area contributed by atoms with Gasteiger partial charge in [0.1, 0.15) is 0 Å². The molecule has 0 unspecified atom stereocenters. The quantitative estimate of drug-likeness (QED) is 0.820. The molecule has 0 bridgehead atoms. The Morgan fingerprint density at radius 3 is 2.13 bits per heavy atom. The van der Waals surface area contributed by atoms with Gasteiger partial charge in [0.2, 0.25) is 0 Å². The first-order chi connectivity index (χ1) is 7.01. The minimum atomic E-state index is 0.0179. The summed E-state index contributed by atoms with van der Waals surface area (Å²) in [5.41, 5.74) is 8.37. The van der Waals surface area contributed by atoms with Gasteiger partial charge in [0, 0.05) is 24.3 Å². The molecule has 0 aromatic heterocycles. The zero-order chi connectivity index (χ0) is 11.5. The van der Waals surface area contributed by atoms with E-state index < -0.39 is 0 Å². The van der Waals surface area contributed by atoms with E-state index in [0.717, 1.165) is 6.54 Å². The van der Waals surface area contributed by atoms with Crippen molar-refractivity contribution in [1.29, 1.82) is 0 Å². The summed E-state index contributed by atoms with van der Waals surface area (Å²) < 4.78 is 0. The summed E-state index contributed by atoms with van der Waals surface area (Å²) in [6, 6.07) is 8.61. The summed E-state index contributed by atoms with van der Waals surface area (Å²) in [6.07, 6.45) is 0. The van der Waals surface area contributed by atoms with Crippen molar-refractivity contribution in [3.63, 3.8) is 0 Å². The van der Waals surface area contributed by atoms with E-state index in [-0.39, 0.29) is 5.54 Å². The van der Waals surface area contributed by atoms with Crippen LogP contribution in [0.2, 0.25) is 0 Å². The van der Waals surface area contributed by atoms with Crippen LogP contribution < -0.4 is 10.6 Å². The highest BCUT2D eigenvalue weighted by Crippen LogP contribution is 2.23. The van der Waals surface area contributed by atoms with E-state index in [1.54, 1.807) is 0 Å². The van der Waals surface area contributed by atoms with Gasteiger partial charge in [-0.2, -0.15) is 0 Å². The van der Waals surface area contributed by atoms with Crippen LogP contribution in [0.1, 0.15) is 26.3 Å². The molecule has 1 aromatic rings. The van der Waals surface area contributed by atoms with E-state index >= 15 is 0 Å². The van der Waals surface area contributed by atoms with Gasteiger partial charge in [-0.1, -0.05) is 17.7 Å². The third-order valence-corrected chi connectivity index (χ3v) is 2.89. The summed E-state index contributed by atoms with van der Waals surface area (Å²) in [6.45, 7) is 10.3. The number of hydrogen-bond acceptors (Lipinski definition) is 2. The number of likely N-dealkylation sites (N-methyl/N-ethyl adjacent to an activating group) is 1. The van der Waals surface area contributed by atoms with Gasteiger partial charge < -0.3 is 10.6 Å². The van der Waals surface area contributed by atoms with Crippen molar-refractivity contribution >= 4 is 5.69 Å². The summed E-state index contributed by atoms with van der Waals surface area (Å²) in [5.74, 6) is 0. The lowest BCUT2D eigenvalue weighted by molar-refractivity contribution is 0.477. The zero-order valence-corrected chi connectivity index (χ0v) is 10.2. The Morgan fingerprint density at radius 2 is 1.73 bits per heavy atom. The fraction of sp³-hybridized carbons (Fsp3) is 0.538. The van der Waals surface area contributed by atoms with Crippen LogP contribution in [0.25, 0.3) is 0 Å². The van der Waals surface area contributed by atoms with Gasteiger partial charge in [-0.15, -0.1) is 0 Å². The fourth-order valence-corrected chi connectivity index (χ4v) is 1.79. The molecule has 84 valence electrons. The van der Waals surface area contributed by atoms with Crippen molar-refractivity contribution in [2.24, 2.45) is 5.73 Å². The van der Waals surface area contributed by atoms with E-state index in [1.165, 1.54) is 11.3 Å². The predicted octanol–water partition coefficient (Wildman–Crippen LogP) is 2.56. The summed E-state index contributed by atoms with van der Waals surface area (Å²) in [4.78, 5) is 2.34. The van der Waals surface area contributed by atoms with Crippen molar-refractivity contribution in [3.8, 4) is 0 Å². The third-order valence-electron chi connectivity index (χ3n) is 2.89. The first kappa shape index (κ1) is 12.1. The highest BCUT2D eigenvalue weighted by Gasteiger charge is 2.23. The average Bonchev–Trinajstić information content (AvgIpc) is 2.22. The number of aryl methyl sites for hydroxylation is 1. The first-order valence-electron chi connectivity index (χ1n) is 5.55. The Bertz CT molecular complexity index is 301. The Labute approximate surface area is 93.1 Å². The SMILES string of the molecule is CCN(c1ccc(C)cc1)C(C)(C)CN. The van der Waals surface area contributed by atoms with Crippen LogP contribution in [0, 0.1) is 6.92 Å². The average molecular weight is 206 g/mol. The molecule has 0 atom stereocenters. The van der Waals surface area contributed by atoms with Gasteiger partial charge in [0.05, 0.1) is 0 Å². The molecule has 0 radical (unpaired) electrons. The summed E-state index contributed by atoms with van der Waals surface area (Å²) in [7, 11) is 0. The van der Waals surface area contributed by atoms with Crippen LogP contribution in [0.5, 0.6) is 0 Å². The lowest BCUT2D eigenvalue weighted by atomic mass is 10.0. The van der Waals surface area contributed by atoms with Crippen LogP contribution in [-0.4, -0.2) is 18.6 Å². The molecule has 0 saturated carbocycles. The first-order valence-corrected chi connectivity index (χ1v) is 5.55. The van der Waals surface area contributed by atoms with Crippen LogP contribution in [0.3, 0.4) is 0 Å². The lowest BCUT2D eigenvalue weighted by Gasteiger charge is -2.39. The van der Waals surface area contributed by atoms with E-state index in [9.17, 15) is 0 Å². The third kappa shape index (κ3) is 2.72. The Morgan fingerprint density at radius 1 is 1.20 bits per heavy atom. The normalized spacial score (nSPS) is 11.5. The van der Waals surface area contributed by atoms with Crippen molar-refractivity contribution in [3.05, 3.63) is 29.8 Å².